The fourth-order valence-corrected chi connectivity index (χ4v) is 0. The topological polar surface area (TPSA) is 35.0 Å². The second kappa shape index (κ2) is 23.4. The third-order valence-corrected chi connectivity index (χ3v) is 0. The van der Waals surface area contributed by atoms with E-state index >= 15 is 0 Å². The van der Waals surface area contributed by atoms with Gasteiger partial charge in [0.25, 0.3) is 0 Å². The smallest absolute Gasteiger partial charge is 0.187 e. The third kappa shape index (κ3) is 9.52. The minimum Gasteiger partial charge on any atom is -0.344 e. The first-order chi connectivity index (χ1) is 0. The van der Waals surface area contributed by atoms with Gasteiger partial charge < -0.3 is 6.15 Å². The quantitative estimate of drug-likeness (QED) is 0.402. The molecule has 1 nitrogen and oxygen atoms in total. The van der Waals surface area contributed by atoms with Crippen LogP contribution >= 0.6 is 0 Å². The van der Waals surface area contributed by atoms with Crippen molar-refractivity contribution in [1.29, 1.82) is 0 Å². The normalized spacial score (nSPS) is 0. The molecule has 0 aliphatic heterocycles. The van der Waals surface area contributed by atoms with Crippen molar-refractivity contribution in [2.75, 3.05) is 0 Å². The van der Waals surface area contributed by atoms with E-state index in [1.54, 1.807) is 0 Å². The number of hydrogen-bond donors (Lipinski definition) is 1. The van der Waals surface area contributed by atoms with Crippen LogP contribution in [-0.2, 0) is 26.2 Å². The fraction of sp³-hybridized carbons (Fsp3) is 0. The average molecular weight is 170 g/mol. The van der Waals surface area contributed by atoms with Gasteiger partial charge in [-0.15, -0.1) is 0 Å². The average Bonchev–Trinajstić information content (AvgIpc) is 0. The minimum atomic E-state index is 0. The summed E-state index contributed by atoms with van der Waals surface area (Å²) >= 11 is 0. The van der Waals surface area contributed by atoms with Crippen molar-refractivity contribution in [2.24, 2.45) is 0 Å². The molecule has 0 radical (unpaired) electrons. The maximum Gasteiger partial charge on any atom is 0.187 e. The molecule has 0 aromatic heterocycles. The van der Waals surface area contributed by atoms with Gasteiger partial charge in [0.1, 0.15) is 0 Å². The summed E-state index contributed by atoms with van der Waals surface area (Å²) in [5.74, 6) is 0. The zero-order valence-corrected chi connectivity index (χ0v) is 3.67. The first-order valence-corrected chi connectivity index (χ1v) is 0. The van der Waals surface area contributed by atoms with Crippen molar-refractivity contribution < 1.29 is 26.2 Å². The Labute approximate surface area is 60.4 Å². The zero-order chi connectivity index (χ0) is 0. The van der Waals surface area contributed by atoms with Gasteiger partial charge in [-0.05, 0) is 11.0 Å². The third-order valence-electron chi connectivity index (χ3n) is 0. The molecule has 26 valence electrons. The summed E-state index contributed by atoms with van der Waals surface area (Å²) in [5.41, 5.74) is 0. The van der Waals surface area contributed by atoms with Gasteiger partial charge in [0.05, 0.1) is 0 Å². The summed E-state index contributed by atoms with van der Waals surface area (Å²) in [6.07, 6.45) is 0. The van der Waals surface area contributed by atoms with Crippen LogP contribution in [0.1, 0.15) is 0 Å². The maximum absolute atomic E-state index is 0. The molecule has 4 heteroatoms. The van der Waals surface area contributed by atoms with Gasteiger partial charge in [-0.3, -0.25) is 0 Å². The van der Waals surface area contributed by atoms with Crippen LogP contribution in [0, 0.1) is 0 Å². The molecule has 0 atom stereocenters. The molecule has 0 rings (SSSR count). The first-order valence-electron chi connectivity index (χ1n) is 0. The molecule has 3 N–H and O–H groups in total. The predicted molar refractivity (Wildman–Crippen MR) is 26.3 cm³/mol. The molecule has 0 saturated heterocycles. The zero-order valence-electron chi connectivity index (χ0n) is 1.21. The van der Waals surface area contributed by atoms with Crippen LogP contribution in [0.15, 0.2) is 0 Å². The molecule has 0 aliphatic carbocycles. The molecular formula is H10AlNSiZr. The Morgan fingerprint density at radius 2 is 1.00 bits per heavy atom. The van der Waals surface area contributed by atoms with Crippen molar-refractivity contribution in [1.82, 2.24) is 6.15 Å². The fourth-order valence-electron chi connectivity index (χ4n) is 0. The van der Waals surface area contributed by atoms with Crippen molar-refractivity contribution in [2.45, 2.75) is 0 Å². The van der Waals surface area contributed by atoms with Crippen LogP contribution in [0.3, 0.4) is 0 Å². The Balaban J connectivity index is 0. The second-order valence-corrected chi connectivity index (χ2v) is 0. The first kappa shape index (κ1) is 46.5. The van der Waals surface area contributed by atoms with Crippen LogP contribution in [-0.4, -0.2) is 28.3 Å². The van der Waals surface area contributed by atoms with Gasteiger partial charge in [-0.2, -0.15) is 0 Å². The molecular weight excluding hydrogens is 160 g/mol. The Bertz CT molecular complexity index is 8.00. The van der Waals surface area contributed by atoms with Crippen LogP contribution < -0.4 is 6.15 Å². The second-order valence-electron chi connectivity index (χ2n) is 0. The van der Waals surface area contributed by atoms with Crippen molar-refractivity contribution in [3.05, 3.63) is 0 Å². The number of hydrogen-bond acceptors (Lipinski definition) is 1. The van der Waals surface area contributed by atoms with E-state index in [0.717, 1.165) is 0 Å². The largest absolute Gasteiger partial charge is 0.344 e. The molecule has 0 bridgehead atoms. The molecule has 0 unspecified atom stereocenters. The van der Waals surface area contributed by atoms with E-state index in [9.17, 15) is 0 Å². The monoisotopic (exact) mass is 169 g/mol. The van der Waals surface area contributed by atoms with E-state index in [4.69, 9.17) is 0 Å². The molecule has 0 fully saturated rings. The van der Waals surface area contributed by atoms with Crippen LogP contribution in [0.5, 0.6) is 0 Å². The number of rotatable bonds is 0. The van der Waals surface area contributed by atoms with Gasteiger partial charge in [-0.25, -0.2) is 0 Å². The van der Waals surface area contributed by atoms with Crippen LogP contribution in [0.25, 0.3) is 0 Å². The summed E-state index contributed by atoms with van der Waals surface area (Å²) in [4.78, 5) is 0. The van der Waals surface area contributed by atoms with Gasteiger partial charge >= 0.3 is 0 Å². The standard InChI is InChI=1S/Al.H3N.H4Si.Zr.3H/h;1H3;1H4;;;;. The van der Waals surface area contributed by atoms with E-state index in [1.807, 2.05) is 0 Å². The molecule has 0 amide bonds. The summed E-state index contributed by atoms with van der Waals surface area (Å²) in [5, 5.41) is 0. The van der Waals surface area contributed by atoms with Gasteiger partial charge in [0.15, 0.2) is 17.4 Å². The van der Waals surface area contributed by atoms with Gasteiger partial charge in [0, 0.05) is 26.2 Å². The summed E-state index contributed by atoms with van der Waals surface area (Å²) in [7, 11) is 0. The Morgan fingerprint density at radius 1 is 1.00 bits per heavy atom. The molecule has 0 aliphatic rings. The van der Waals surface area contributed by atoms with Crippen LogP contribution in [0.4, 0.5) is 0 Å². The molecule has 0 aromatic carbocycles. The molecule has 0 aromatic rings. The molecule has 4 heavy (non-hydrogen) atoms. The van der Waals surface area contributed by atoms with Gasteiger partial charge in [-0.1, -0.05) is 0 Å². The van der Waals surface area contributed by atoms with Crippen molar-refractivity contribution >= 4 is 28.3 Å². The Hall–Kier alpha value is 1.59. The van der Waals surface area contributed by atoms with E-state index in [2.05, 4.69) is 0 Å². The Kier molecular flexibility index (Phi) is 272. The van der Waals surface area contributed by atoms with E-state index in [1.165, 1.54) is 0 Å². The minimum absolute atomic E-state index is 0. The Morgan fingerprint density at radius 3 is 1.00 bits per heavy atom. The summed E-state index contributed by atoms with van der Waals surface area (Å²) < 4.78 is 0. The van der Waals surface area contributed by atoms with E-state index in [-0.39, 0.29) is 60.7 Å². The SMILES string of the molecule is N.[AlH3].[SiH4].[Zr]. The van der Waals surface area contributed by atoms with Crippen molar-refractivity contribution in [3.63, 3.8) is 0 Å². The molecule has 0 heterocycles. The van der Waals surface area contributed by atoms with Crippen LogP contribution in [0.2, 0.25) is 0 Å². The predicted octanol–water partition coefficient (Wildman–Crippen LogP) is -2.48. The molecule has 0 saturated carbocycles. The summed E-state index contributed by atoms with van der Waals surface area (Å²) in [6.45, 7) is 0. The van der Waals surface area contributed by atoms with Gasteiger partial charge in [0.2, 0.25) is 0 Å². The maximum atomic E-state index is 0. The van der Waals surface area contributed by atoms with E-state index < -0.39 is 0 Å². The van der Waals surface area contributed by atoms with E-state index in [0.29, 0.717) is 0 Å². The molecule has 0 spiro atoms. The van der Waals surface area contributed by atoms with Crippen molar-refractivity contribution in [3.8, 4) is 0 Å². The summed E-state index contributed by atoms with van der Waals surface area (Å²) in [6, 6.07) is 0.